The van der Waals surface area contributed by atoms with Crippen LogP contribution >= 0.6 is 0 Å². The summed E-state index contributed by atoms with van der Waals surface area (Å²) in [5, 5.41) is 12.9. The smallest absolute Gasteiger partial charge is 0.253 e. The van der Waals surface area contributed by atoms with Crippen LogP contribution in [-0.2, 0) is 0 Å². The number of amides is 1. The summed E-state index contributed by atoms with van der Waals surface area (Å²) in [6, 6.07) is 2.56. The molecule has 4 heteroatoms. The van der Waals surface area contributed by atoms with Crippen LogP contribution in [0.15, 0.2) is 6.07 Å². The number of nitrogens with zero attached hydrogens (tertiary/aromatic N) is 1. The van der Waals surface area contributed by atoms with Crippen molar-refractivity contribution in [3.63, 3.8) is 0 Å². The van der Waals surface area contributed by atoms with Crippen molar-refractivity contribution in [2.45, 2.75) is 57.6 Å². The topological polar surface area (TPSA) is 54.3 Å². The molecule has 1 aromatic heterocycles. The number of hydrogen-bond donors (Lipinski definition) is 2. The molecule has 19 heavy (non-hydrogen) atoms. The number of carbonyl (C=O) groups excluding carboxylic acids is 1. The van der Waals surface area contributed by atoms with Crippen LogP contribution in [0.1, 0.15) is 59.9 Å². The first-order valence-corrected chi connectivity index (χ1v) is 7.19. The van der Waals surface area contributed by atoms with E-state index in [1.807, 2.05) is 13.0 Å². The molecule has 2 aliphatic rings. The molecule has 1 amide bonds. The van der Waals surface area contributed by atoms with Gasteiger partial charge in [-0.25, -0.2) is 0 Å². The quantitative estimate of drug-likeness (QED) is 0.873. The molecule has 0 spiro atoms. The lowest BCUT2D eigenvalue weighted by molar-refractivity contribution is -0.0300. The minimum atomic E-state index is -0.655. The molecule has 1 aromatic rings. The second-order valence-electron chi connectivity index (χ2n) is 6.15. The van der Waals surface area contributed by atoms with Crippen molar-refractivity contribution >= 4 is 5.91 Å². The third-order valence-corrected chi connectivity index (χ3v) is 4.50. The van der Waals surface area contributed by atoms with Gasteiger partial charge in [0.1, 0.15) is 0 Å². The van der Waals surface area contributed by atoms with Gasteiger partial charge in [0.05, 0.1) is 11.2 Å². The van der Waals surface area contributed by atoms with Crippen LogP contribution in [0, 0.1) is 13.8 Å². The molecule has 2 saturated carbocycles. The molecule has 0 aromatic carbocycles. The average Bonchev–Trinajstić information content (AvgIpc) is 3.11. The first kappa shape index (κ1) is 12.7. The van der Waals surface area contributed by atoms with Crippen LogP contribution in [-0.4, -0.2) is 27.7 Å². The van der Waals surface area contributed by atoms with Gasteiger partial charge in [-0.05, 0) is 52.0 Å². The van der Waals surface area contributed by atoms with Crippen molar-refractivity contribution in [2.75, 3.05) is 6.54 Å². The summed E-state index contributed by atoms with van der Waals surface area (Å²) in [5.41, 5.74) is 2.32. The number of aromatic nitrogens is 1. The van der Waals surface area contributed by atoms with E-state index >= 15 is 0 Å². The Morgan fingerprint density at radius 2 is 2.16 bits per heavy atom. The molecule has 0 radical (unpaired) electrons. The number of hydrogen-bond acceptors (Lipinski definition) is 2. The minimum absolute atomic E-state index is 0.0553. The molecule has 0 unspecified atom stereocenters. The number of rotatable bonds is 4. The Morgan fingerprint density at radius 3 is 2.68 bits per heavy atom. The summed E-state index contributed by atoms with van der Waals surface area (Å²) in [6.45, 7) is 4.44. The summed E-state index contributed by atoms with van der Waals surface area (Å²) in [6.07, 6.45) is 5.10. The molecule has 2 fully saturated rings. The molecule has 4 nitrogen and oxygen atoms in total. The fourth-order valence-electron chi connectivity index (χ4n) is 3.00. The van der Waals surface area contributed by atoms with Gasteiger partial charge in [-0.1, -0.05) is 0 Å². The molecular formula is C15H22N2O2. The average molecular weight is 262 g/mol. The zero-order valence-corrected chi connectivity index (χ0v) is 11.7. The van der Waals surface area contributed by atoms with Crippen molar-refractivity contribution in [3.05, 3.63) is 23.0 Å². The van der Waals surface area contributed by atoms with E-state index in [1.165, 1.54) is 12.8 Å². The molecule has 0 bridgehead atoms. The number of aliphatic hydroxyl groups is 1. The number of aryl methyl sites for hydroxylation is 1. The second-order valence-corrected chi connectivity index (χ2v) is 6.15. The second kappa shape index (κ2) is 4.37. The van der Waals surface area contributed by atoms with Gasteiger partial charge < -0.3 is 15.0 Å². The van der Waals surface area contributed by atoms with E-state index < -0.39 is 5.60 Å². The first-order chi connectivity index (χ1) is 9.00. The Hall–Kier alpha value is -1.29. The monoisotopic (exact) mass is 262 g/mol. The molecule has 1 heterocycles. The van der Waals surface area contributed by atoms with E-state index in [9.17, 15) is 9.90 Å². The van der Waals surface area contributed by atoms with Gasteiger partial charge in [0.25, 0.3) is 5.91 Å². The van der Waals surface area contributed by atoms with Crippen molar-refractivity contribution < 1.29 is 9.90 Å². The standard InChI is InChI=1S/C15H22N2O2/c1-10-8-13(11(2)17(10)12-4-5-12)14(18)16-9-15(19)6-3-7-15/h8,12,19H,3-7,9H2,1-2H3,(H,16,18). The van der Waals surface area contributed by atoms with Crippen LogP contribution in [0.25, 0.3) is 0 Å². The third kappa shape index (κ3) is 2.29. The molecule has 2 N–H and O–H groups in total. The predicted molar refractivity (Wildman–Crippen MR) is 73.3 cm³/mol. The van der Waals surface area contributed by atoms with E-state index in [4.69, 9.17) is 0 Å². The predicted octanol–water partition coefficient (Wildman–Crippen LogP) is 2.08. The van der Waals surface area contributed by atoms with E-state index in [1.54, 1.807) is 0 Å². The highest BCUT2D eigenvalue weighted by molar-refractivity contribution is 5.95. The fourth-order valence-corrected chi connectivity index (χ4v) is 3.00. The Bertz CT molecular complexity index is 510. The Balaban J connectivity index is 1.71. The molecule has 3 rings (SSSR count). The summed E-state index contributed by atoms with van der Waals surface area (Å²) in [4.78, 5) is 12.2. The summed E-state index contributed by atoms with van der Waals surface area (Å²) in [5.74, 6) is -0.0553. The SMILES string of the molecule is Cc1cc(C(=O)NCC2(O)CCC2)c(C)n1C1CC1. The Morgan fingerprint density at radius 1 is 1.47 bits per heavy atom. The lowest BCUT2D eigenvalue weighted by atomic mass is 9.80. The van der Waals surface area contributed by atoms with Gasteiger partial charge in [-0.3, -0.25) is 4.79 Å². The van der Waals surface area contributed by atoms with Gasteiger partial charge >= 0.3 is 0 Å². The first-order valence-electron chi connectivity index (χ1n) is 7.19. The normalized spacial score (nSPS) is 21.0. The van der Waals surface area contributed by atoms with E-state index in [0.717, 1.165) is 36.2 Å². The maximum Gasteiger partial charge on any atom is 0.253 e. The summed E-state index contributed by atoms with van der Waals surface area (Å²) < 4.78 is 2.27. The van der Waals surface area contributed by atoms with E-state index in [2.05, 4.69) is 16.8 Å². The van der Waals surface area contributed by atoms with Gasteiger partial charge in [-0.15, -0.1) is 0 Å². The van der Waals surface area contributed by atoms with Gasteiger partial charge in [-0.2, -0.15) is 0 Å². The van der Waals surface area contributed by atoms with Crippen LogP contribution < -0.4 is 5.32 Å². The highest BCUT2D eigenvalue weighted by atomic mass is 16.3. The molecular weight excluding hydrogens is 240 g/mol. The van der Waals surface area contributed by atoms with Gasteiger partial charge in [0.2, 0.25) is 0 Å². The zero-order valence-electron chi connectivity index (χ0n) is 11.7. The minimum Gasteiger partial charge on any atom is -0.388 e. The van der Waals surface area contributed by atoms with Crippen molar-refractivity contribution in [2.24, 2.45) is 0 Å². The van der Waals surface area contributed by atoms with Gasteiger partial charge in [0.15, 0.2) is 0 Å². The maximum atomic E-state index is 12.2. The van der Waals surface area contributed by atoms with Crippen LogP contribution in [0.5, 0.6) is 0 Å². The van der Waals surface area contributed by atoms with Crippen molar-refractivity contribution in [1.82, 2.24) is 9.88 Å². The summed E-state index contributed by atoms with van der Waals surface area (Å²) in [7, 11) is 0. The highest BCUT2D eigenvalue weighted by Gasteiger charge is 2.35. The lowest BCUT2D eigenvalue weighted by Crippen LogP contribution is -2.47. The largest absolute Gasteiger partial charge is 0.388 e. The fraction of sp³-hybridized carbons (Fsp3) is 0.667. The van der Waals surface area contributed by atoms with E-state index in [-0.39, 0.29) is 5.91 Å². The number of nitrogens with one attached hydrogen (secondary N) is 1. The van der Waals surface area contributed by atoms with E-state index in [0.29, 0.717) is 12.6 Å². The Labute approximate surface area is 113 Å². The van der Waals surface area contributed by atoms with Crippen molar-refractivity contribution in [1.29, 1.82) is 0 Å². The summed E-state index contributed by atoms with van der Waals surface area (Å²) >= 11 is 0. The van der Waals surface area contributed by atoms with Crippen LogP contribution in [0.4, 0.5) is 0 Å². The molecule has 2 aliphatic carbocycles. The van der Waals surface area contributed by atoms with Gasteiger partial charge in [0, 0.05) is 24.0 Å². The highest BCUT2D eigenvalue weighted by Crippen LogP contribution is 2.38. The lowest BCUT2D eigenvalue weighted by Gasteiger charge is -2.36. The molecule has 0 saturated heterocycles. The third-order valence-electron chi connectivity index (χ3n) is 4.50. The van der Waals surface area contributed by atoms with Crippen LogP contribution in [0.2, 0.25) is 0 Å². The molecule has 104 valence electrons. The zero-order chi connectivity index (χ0) is 13.6. The maximum absolute atomic E-state index is 12.2. The number of carbonyl (C=O) groups is 1. The Kier molecular flexibility index (Phi) is 2.93. The molecule has 0 aliphatic heterocycles. The molecule has 0 atom stereocenters. The van der Waals surface area contributed by atoms with Crippen molar-refractivity contribution in [3.8, 4) is 0 Å². The van der Waals surface area contributed by atoms with Crippen LogP contribution in [0.3, 0.4) is 0 Å².